The zero-order valence-corrected chi connectivity index (χ0v) is 22.2. The van der Waals surface area contributed by atoms with E-state index in [0.29, 0.717) is 22.0 Å². The van der Waals surface area contributed by atoms with Gasteiger partial charge >= 0.3 is 11.9 Å². The van der Waals surface area contributed by atoms with Crippen LogP contribution in [0.1, 0.15) is 39.2 Å². The number of hydrogen-bond acceptors (Lipinski definition) is 7. The van der Waals surface area contributed by atoms with E-state index in [2.05, 4.69) is 4.99 Å². The standard InChI is InChI=1S/C28H27ClN2O4S/c1-5-34-27(32)23-16(3)30-17(4)24(28(33)35-6-2)25(23)19-10-7-11-20(13-19)26-31-22(15-36-26)18-9-8-12-21(29)14-18/h7-15,23,25H,5-6H2,1-4H3. The predicted octanol–water partition coefficient (Wildman–Crippen LogP) is 6.71. The molecule has 1 aliphatic rings. The van der Waals surface area contributed by atoms with Crippen molar-refractivity contribution < 1.29 is 19.1 Å². The number of aliphatic imine (C=N–C) groups is 1. The molecule has 0 aliphatic carbocycles. The summed E-state index contributed by atoms with van der Waals surface area (Å²) in [7, 11) is 0. The minimum absolute atomic E-state index is 0.223. The maximum absolute atomic E-state index is 13.1. The fourth-order valence-electron chi connectivity index (χ4n) is 4.46. The average molecular weight is 523 g/mol. The van der Waals surface area contributed by atoms with Gasteiger partial charge in [-0.3, -0.25) is 9.79 Å². The van der Waals surface area contributed by atoms with Crippen LogP contribution in [-0.2, 0) is 19.1 Å². The Balaban J connectivity index is 1.78. The minimum atomic E-state index is -0.735. The van der Waals surface area contributed by atoms with Crippen LogP contribution in [0.4, 0.5) is 0 Å². The molecule has 1 aromatic heterocycles. The zero-order chi connectivity index (χ0) is 25.8. The van der Waals surface area contributed by atoms with E-state index in [1.54, 1.807) is 27.7 Å². The summed E-state index contributed by atoms with van der Waals surface area (Å²) < 4.78 is 10.8. The summed E-state index contributed by atoms with van der Waals surface area (Å²) >= 11 is 7.68. The number of nitrogens with zero attached hydrogens (tertiary/aromatic N) is 2. The monoisotopic (exact) mass is 522 g/mol. The van der Waals surface area contributed by atoms with Crippen LogP contribution in [0.15, 0.2) is 70.2 Å². The van der Waals surface area contributed by atoms with Gasteiger partial charge in [0.05, 0.1) is 24.5 Å². The van der Waals surface area contributed by atoms with E-state index in [1.807, 2.05) is 53.9 Å². The van der Waals surface area contributed by atoms with Gasteiger partial charge in [-0.25, -0.2) is 9.78 Å². The Kier molecular flexibility index (Phi) is 8.01. The van der Waals surface area contributed by atoms with Gasteiger partial charge in [0.25, 0.3) is 0 Å². The quantitative estimate of drug-likeness (QED) is 0.322. The van der Waals surface area contributed by atoms with Gasteiger partial charge in [-0.1, -0.05) is 41.9 Å². The highest BCUT2D eigenvalue weighted by molar-refractivity contribution is 7.13. The van der Waals surface area contributed by atoms with Gasteiger partial charge in [-0.15, -0.1) is 11.3 Å². The third-order valence-electron chi connectivity index (χ3n) is 5.98. The Morgan fingerprint density at radius 1 is 1.00 bits per heavy atom. The van der Waals surface area contributed by atoms with Gasteiger partial charge in [0.15, 0.2) is 0 Å². The maximum Gasteiger partial charge on any atom is 0.336 e. The van der Waals surface area contributed by atoms with Gasteiger partial charge in [0, 0.05) is 38.9 Å². The first-order valence-corrected chi connectivity index (χ1v) is 13.0. The molecule has 0 spiro atoms. The topological polar surface area (TPSA) is 77.8 Å². The van der Waals surface area contributed by atoms with E-state index >= 15 is 0 Å². The molecule has 8 heteroatoms. The molecule has 3 aromatic rings. The van der Waals surface area contributed by atoms with Gasteiger partial charge in [-0.2, -0.15) is 0 Å². The third kappa shape index (κ3) is 5.27. The summed E-state index contributed by atoms with van der Waals surface area (Å²) in [5.41, 5.74) is 4.96. The van der Waals surface area contributed by atoms with Crippen LogP contribution in [0.5, 0.6) is 0 Å². The molecule has 4 rings (SSSR count). The molecule has 1 aliphatic heterocycles. The lowest BCUT2D eigenvalue weighted by atomic mass is 9.75. The lowest BCUT2D eigenvalue weighted by Crippen LogP contribution is -2.36. The number of hydrogen-bond donors (Lipinski definition) is 0. The summed E-state index contributed by atoms with van der Waals surface area (Å²) in [5.74, 6) is -2.22. The second-order valence-corrected chi connectivity index (χ2v) is 9.65. The molecule has 186 valence electrons. The fraction of sp³-hybridized carbons (Fsp3) is 0.286. The summed E-state index contributed by atoms with van der Waals surface area (Å²) in [6, 6.07) is 15.3. The number of benzene rings is 2. The highest BCUT2D eigenvalue weighted by atomic mass is 35.5. The highest BCUT2D eigenvalue weighted by Gasteiger charge is 2.42. The molecule has 2 atom stereocenters. The molecule has 6 nitrogen and oxygen atoms in total. The summed E-state index contributed by atoms with van der Waals surface area (Å²) in [6.07, 6.45) is 0. The number of allylic oxidation sites excluding steroid dienone is 1. The molecule has 2 aromatic carbocycles. The molecule has 0 saturated heterocycles. The molecule has 0 saturated carbocycles. The van der Waals surface area contributed by atoms with Crippen molar-refractivity contribution in [2.45, 2.75) is 33.6 Å². The van der Waals surface area contributed by atoms with Gasteiger partial charge < -0.3 is 9.47 Å². The van der Waals surface area contributed by atoms with Crippen LogP contribution < -0.4 is 0 Å². The van der Waals surface area contributed by atoms with Crippen LogP contribution in [0, 0.1) is 5.92 Å². The number of carbonyl (C=O) groups excluding carboxylic acids is 2. The van der Waals surface area contributed by atoms with Crippen molar-refractivity contribution in [3.63, 3.8) is 0 Å². The molecule has 36 heavy (non-hydrogen) atoms. The maximum atomic E-state index is 13.1. The molecule has 2 heterocycles. The lowest BCUT2D eigenvalue weighted by Gasteiger charge is -2.31. The molecule has 0 fully saturated rings. The Bertz CT molecular complexity index is 1360. The van der Waals surface area contributed by atoms with E-state index in [1.165, 1.54) is 11.3 Å². The number of carbonyl (C=O) groups is 2. The second-order valence-electron chi connectivity index (χ2n) is 8.35. The van der Waals surface area contributed by atoms with E-state index in [0.717, 1.165) is 27.4 Å². The molecular weight excluding hydrogens is 496 g/mol. The molecule has 0 radical (unpaired) electrons. The van der Waals surface area contributed by atoms with E-state index in [9.17, 15) is 9.59 Å². The van der Waals surface area contributed by atoms with Crippen LogP contribution >= 0.6 is 22.9 Å². The normalized spacial score (nSPS) is 17.5. The first-order valence-electron chi connectivity index (χ1n) is 11.8. The number of aromatic nitrogens is 1. The van der Waals surface area contributed by atoms with Crippen molar-refractivity contribution >= 4 is 40.6 Å². The Morgan fingerprint density at radius 3 is 2.44 bits per heavy atom. The summed E-state index contributed by atoms with van der Waals surface area (Å²) in [4.78, 5) is 35.5. The van der Waals surface area contributed by atoms with Crippen LogP contribution in [0.25, 0.3) is 21.8 Å². The number of esters is 2. The van der Waals surface area contributed by atoms with Gasteiger partial charge in [-0.05, 0) is 51.5 Å². The SMILES string of the molecule is CCOC(=O)C1=C(C)N=C(C)C(C(=O)OCC)C1c1cccc(-c2nc(-c3cccc(Cl)c3)cs2)c1. The number of thiazole rings is 1. The lowest BCUT2D eigenvalue weighted by molar-refractivity contribution is -0.146. The Labute approximate surface area is 219 Å². The molecule has 0 amide bonds. The largest absolute Gasteiger partial charge is 0.465 e. The predicted molar refractivity (Wildman–Crippen MR) is 143 cm³/mol. The minimum Gasteiger partial charge on any atom is -0.465 e. The van der Waals surface area contributed by atoms with Crippen molar-refractivity contribution in [3.8, 4) is 21.8 Å². The fourth-order valence-corrected chi connectivity index (χ4v) is 5.48. The number of rotatable bonds is 7. The number of halogens is 1. The van der Waals surface area contributed by atoms with Crippen LogP contribution in [0.2, 0.25) is 5.02 Å². The molecule has 2 unspecified atom stereocenters. The second kappa shape index (κ2) is 11.2. The van der Waals surface area contributed by atoms with Crippen molar-refractivity contribution in [2.24, 2.45) is 10.9 Å². The molecule has 0 bridgehead atoms. The Hall–Kier alpha value is -3.29. The molecular formula is C28H27ClN2O4S. The first-order chi connectivity index (χ1) is 17.3. The third-order valence-corrected chi connectivity index (χ3v) is 7.11. The molecule has 0 N–H and O–H groups in total. The average Bonchev–Trinajstić information content (AvgIpc) is 3.34. The zero-order valence-electron chi connectivity index (χ0n) is 20.6. The van der Waals surface area contributed by atoms with Crippen molar-refractivity contribution in [3.05, 3.63) is 75.8 Å². The van der Waals surface area contributed by atoms with Gasteiger partial charge in [0.2, 0.25) is 0 Å². The number of ether oxygens (including phenoxy) is 2. The van der Waals surface area contributed by atoms with Crippen molar-refractivity contribution in [1.82, 2.24) is 4.98 Å². The van der Waals surface area contributed by atoms with E-state index in [-0.39, 0.29) is 13.2 Å². The van der Waals surface area contributed by atoms with Crippen molar-refractivity contribution in [2.75, 3.05) is 13.2 Å². The van der Waals surface area contributed by atoms with Crippen LogP contribution in [-0.4, -0.2) is 35.8 Å². The van der Waals surface area contributed by atoms with E-state index < -0.39 is 23.8 Å². The van der Waals surface area contributed by atoms with Crippen LogP contribution in [0.3, 0.4) is 0 Å². The summed E-state index contributed by atoms with van der Waals surface area (Å²) in [6.45, 7) is 7.53. The highest BCUT2D eigenvalue weighted by Crippen LogP contribution is 2.41. The first kappa shape index (κ1) is 25.8. The Morgan fingerprint density at radius 2 is 1.72 bits per heavy atom. The van der Waals surface area contributed by atoms with E-state index in [4.69, 9.17) is 26.1 Å². The summed E-state index contributed by atoms with van der Waals surface area (Å²) in [5, 5.41) is 3.46. The van der Waals surface area contributed by atoms with Gasteiger partial charge in [0.1, 0.15) is 10.9 Å². The van der Waals surface area contributed by atoms with Crippen molar-refractivity contribution in [1.29, 1.82) is 0 Å². The smallest absolute Gasteiger partial charge is 0.336 e.